The van der Waals surface area contributed by atoms with E-state index in [0.717, 1.165) is 28.2 Å². The number of nitrogens with one attached hydrogen (secondary N) is 1. The molecule has 9 nitrogen and oxygen atoms in total. The molecule has 0 spiro atoms. The van der Waals surface area contributed by atoms with Crippen LogP contribution in [0.5, 0.6) is 5.75 Å². The van der Waals surface area contributed by atoms with Crippen LogP contribution in [-0.4, -0.2) is 35.2 Å². The van der Waals surface area contributed by atoms with Gasteiger partial charge in [0.2, 0.25) is 5.91 Å². The van der Waals surface area contributed by atoms with Crippen molar-refractivity contribution in [2.75, 3.05) is 17.7 Å². The Bertz CT molecular complexity index is 1220. The molecule has 0 bridgehead atoms. The molecule has 3 rings (SSSR count). The molecule has 0 aliphatic heterocycles. The van der Waals surface area contributed by atoms with E-state index in [-0.39, 0.29) is 28.7 Å². The Balaban J connectivity index is 1.91. The van der Waals surface area contributed by atoms with Gasteiger partial charge in [0.05, 0.1) is 12.8 Å². The Kier molecular flexibility index (Phi) is 7.52. The van der Waals surface area contributed by atoms with Crippen molar-refractivity contribution in [3.63, 3.8) is 0 Å². The average Bonchev–Trinajstić information content (AvgIpc) is 3.20. The second-order valence-electron chi connectivity index (χ2n) is 7.85. The van der Waals surface area contributed by atoms with Crippen LogP contribution in [0.2, 0.25) is 0 Å². The van der Waals surface area contributed by atoms with Gasteiger partial charge in [-0.05, 0) is 61.6 Å². The standard InChI is InChI=1S/C24H27N5O4S/c1-13-5-10-18(14(2)11-13)29(24(32)21-19(25)20(22(26)30)28-34-21)15(3)23(31)27-12-16-6-8-17(33-4)9-7-16/h5-11,15H,12,25H2,1-4H3,(H2,26,30)(H,27,31)/t15-/m0/s1. The second-order valence-corrected chi connectivity index (χ2v) is 8.62. The fraction of sp³-hybridized carbons (Fsp3) is 0.250. The molecular weight excluding hydrogens is 454 g/mol. The number of hydrogen-bond acceptors (Lipinski definition) is 7. The van der Waals surface area contributed by atoms with Gasteiger partial charge in [0, 0.05) is 12.2 Å². The summed E-state index contributed by atoms with van der Waals surface area (Å²) in [5.41, 5.74) is 14.3. The van der Waals surface area contributed by atoms with Gasteiger partial charge in [-0.1, -0.05) is 29.8 Å². The number of primary amides is 1. The van der Waals surface area contributed by atoms with Gasteiger partial charge in [-0.15, -0.1) is 0 Å². The van der Waals surface area contributed by atoms with Gasteiger partial charge in [0.15, 0.2) is 5.69 Å². The summed E-state index contributed by atoms with van der Waals surface area (Å²) in [6.07, 6.45) is 0. The summed E-state index contributed by atoms with van der Waals surface area (Å²) < 4.78 is 9.08. The van der Waals surface area contributed by atoms with Crippen molar-refractivity contribution < 1.29 is 19.1 Å². The van der Waals surface area contributed by atoms with Gasteiger partial charge in [-0.25, -0.2) is 0 Å². The number of ether oxygens (including phenoxy) is 1. The summed E-state index contributed by atoms with van der Waals surface area (Å²) in [6.45, 7) is 5.70. The Morgan fingerprint density at radius 2 is 1.82 bits per heavy atom. The lowest BCUT2D eigenvalue weighted by molar-refractivity contribution is -0.122. The van der Waals surface area contributed by atoms with E-state index in [1.807, 2.05) is 38.1 Å². The van der Waals surface area contributed by atoms with Gasteiger partial charge < -0.3 is 21.5 Å². The molecular formula is C24H27N5O4S. The minimum atomic E-state index is -0.884. The smallest absolute Gasteiger partial charge is 0.272 e. The van der Waals surface area contributed by atoms with Gasteiger partial charge in [-0.2, -0.15) is 4.37 Å². The number of benzene rings is 2. The molecule has 3 amide bonds. The third-order valence-electron chi connectivity index (χ3n) is 5.38. The largest absolute Gasteiger partial charge is 0.497 e. The molecule has 0 fully saturated rings. The van der Waals surface area contributed by atoms with E-state index >= 15 is 0 Å². The Labute approximate surface area is 201 Å². The van der Waals surface area contributed by atoms with Crippen molar-refractivity contribution in [2.24, 2.45) is 5.73 Å². The maximum Gasteiger partial charge on any atom is 0.272 e. The van der Waals surface area contributed by atoms with E-state index in [4.69, 9.17) is 16.2 Å². The predicted molar refractivity (Wildman–Crippen MR) is 132 cm³/mol. The number of carbonyl (C=O) groups is 3. The number of anilines is 2. The lowest BCUT2D eigenvalue weighted by Gasteiger charge is -2.30. The number of nitrogens with zero attached hydrogens (tertiary/aromatic N) is 2. The van der Waals surface area contributed by atoms with Crippen molar-refractivity contribution in [3.05, 3.63) is 69.7 Å². The summed E-state index contributed by atoms with van der Waals surface area (Å²) in [5.74, 6) is -1.01. The number of nitrogens with two attached hydrogens (primary N) is 2. The number of amides is 3. The maximum atomic E-state index is 13.6. The highest BCUT2D eigenvalue weighted by molar-refractivity contribution is 7.09. The van der Waals surface area contributed by atoms with E-state index in [0.29, 0.717) is 11.4 Å². The van der Waals surface area contributed by atoms with Crippen LogP contribution in [0.25, 0.3) is 0 Å². The van der Waals surface area contributed by atoms with Crippen molar-refractivity contribution >= 4 is 40.6 Å². The fourth-order valence-corrected chi connectivity index (χ4v) is 4.25. The molecule has 0 saturated heterocycles. The maximum absolute atomic E-state index is 13.6. The summed E-state index contributed by atoms with van der Waals surface area (Å²) in [5, 5.41) is 2.87. The molecule has 0 unspecified atom stereocenters. The summed E-state index contributed by atoms with van der Waals surface area (Å²) in [7, 11) is 1.58. The minimum absolute atomic E-state index is 0.0450. The molecule has 0 radical (unpaired) electrons. The lowest BCUT2D eigenvalue weighted by atomic mass is 10.1. The van der Waals surface area contributed by atoms with Crippen LogP contribution in [0.15, 0.2) is 42.5 Å². The number of aromatic nitrogens is 1. The van der Waals surface area contributed by atoms with Gasteiger partial charge >= 0.3 is 0 Å². The molecule has 0 aliphatic carbocycles. The highest BCUT2D eigenvalue weighted by Gasteiger charge is 2.32. The number of carbonyl (C=O) groups excluding carboxylic acids is 3. The number of aryl methyl sites for hydroxylation is 2. The topological polar surface area (TPSA) is 141 Å². The minimum Gasteiger partial charge on any atom is -0.497 e. The van der Waals surface area contributed by atoms with Crippen LogP contribution >= 0.6 is 11.5 Å². The van der Waals surface area contributed by atoms with Crippen molar-refractivity contribution in [1.29, 1.82) is 0 Å². The Morgan fingerprint density at radius 3 is 2.38 bits per heavy atom. The van der Waals surface area contributed by atoms with E-state index in [1.165, 1.54) is 4.90 Å². The van der Waals surface area contributed by atoms with Crippen LogP contribution < -0.4 is 26.4 Å². The van der Waals surface area contributed by atoms with E-state index < -0.39 is 17.9 Å². The molecule has 1 atom stereocenters. The zero-order chi connectivity index (χ0) is 25.0. The highest BCUT2D eigenvalue weighted by Crippen LogP contribution is 2.30. The second kappa shape index (κ2) is 10.3. The normalized spacial score (nSPS) is 11.5. The molecule has 5 N–H and O–H groups in total. The van der Waals surface area contributed by atoms with E-state index in [9.17, 15) is 14.4 Å². The summed E-state index contributed by atoms with van der Waals surface area (Å²) in [4.78, 5) is 39.7. The van der Waals surface area contributed by atoms with E-state index in [1.54, 1.807) is 32.2 Å². The molecule has 10 heteroatoms. The first kappa shape index (κ1) is 24.7. The lowest BCUT2D eigenvalue weighted by Crippen LogP contribution is -2.48. The monoisotopic (exact) mass is 481 g/mol. The Morgan fingerprint density at radius 1 is 1.15 bits per heavy atom. The predicted octanol–water partition coefficient (Wildman–Crippen LogP) is 2.80. The number of nitrogen functional groups attached to an aromatic ring is 1. The average molecular weight is 482 g/mol. The fourth-order valence-electron chi connectivity index (χ4n) is 3.51. The first-order chi connectivity index (χ1) is 16.1. The van der Waals surface area contributed by atoms with Gasteiger partial charge in [0.1, 0.15) is 16.7 Å². The number of hydrogen-bond donors (Lipinski definition) is 3. The number of rotatable bonds is 8. The molecule has 1 aromatic heterocycles. The third kappa shape index (κ3) is 5.18. The quantitative estimate of drug-likeness (QED) is 0.452. The van der Waals surface area contributed by atoms with Crippen LogP contribution in [0.3, 0.4) is 0 Å². The van der Waals surface area contributed by atoms with E-state index in [2.05, 4.69) is 9.69 Å². The van der Waals surface area contributed by atoms with Crippen LogP contribution in [0, 0.1) is 13.8 Å². The zero-order valence-corrected chi connectivity index (χ0v) is 20.2. The van der Waals surface area contributed by atoms with Crippen LogP contribution in [0.1, 0.15) is 43.8 Å². The molecule has 0 saturated carbocycles. The third-order valence-corrected chi connectivity index (χ3v) is 6.23. The molecule has 3 aromatic rings. The zero-order valence-electron chi connectivity index (χ0n) is 19.4. The van der Waals surface area contributed by atoms with Crippen molar-refractivity contribution in [1.82, 2.24) is 9.69 Å². The highest BCUT2D eigenvalue weighted by atomic mass is 32.1. The SMILES string of the molecule is COc1ccc(CNC(=O)[C@H](C)N(C(=O)c2snc(C(N)=O)c2N)c2ccc(C)cc2C)cc1. The summed E-state index contributed by atoms with van der Waals surface area (Å²) >= 11 is 0.777. The molecule has 2 aromatic carbocycles. The number of methoxy groups -OCH3 is 1. The van der Waals surface area contributed by atoms with Crippen molar-refractivity contribution in [2.45, 2.75) is 33.4 Å². The van der Waals surface area contributed by atoms with Crippen LogP contribution in [-0.2, 0) is 11.3 Å². The van der Waals surface area contributed by atoms with Crippen molar-refractivity contribution in [3.8, 4) is 5.75 Å². The molecule has 34 heavy (non-hydrogen) atoms. The molecule has 178 valence electrons. The molecule has 0 aliphatic rings. The Hall–Kier alpha value is -3.92. The first-order valence-electron chi connectivity index (χ1n) is 10.5. The molecule has 1 heterocycles. The van der Waals surface area contributed by atoms with Gasteiger partial charge in [0.25, 0.3) is 11.8 Å². The summed E-state index contributed by atoms with van der Waals surface area (Å²) in [6, 6.07) is 12.0. The van der Waals surface area contributed by atoms with Crippen LogP contribution in [0.4, 0.5) is 11.4 Å². The van der Waals surface area contributed by atoms with Gasteiger partial charge in [-0.3, -0.25) is 19.3 Å². The first-order valence-corrected chi connectivity index (χ1v) is 11.3.